The molecule has 0 aliphatic heterocycles. The molecule has 2 aromatic heterocycles. The smallest absolute Gasteiger partial charge is 0.259 e. The number of nitrogens with one attached hydrogen (secondary N) is 2. The molecule has 8 nitrogen and oxygen atoms in total. The normalized spacial score (nSPS) is 10.9. The van der Waals surface area contributed by atoms with E-state index in [1.165, 1.54) is 37.6 Å². The highest BCUT2D eigenvalue weighted by atomic mass is 35.5. The third-order valence-corrected chi connectivity index (χ3v) is 5.21. The van der Waals surface area contributed by atoms with Crippen molar-refractivity contribution in [2.24, 2.45) is 0 Å². The first kappa shape index (κ1) is 23.2. The van der Waals surface area contributed by atoms with Crippen LogP contribution >= 0.6 is 11.6 Å². The van der Waals surface area contributed by atoms with E-state index >= 15 is 0 Å². The van der Waals surface area contributed by atoms with E-state index in [0.717, 1.165) is 0 Å². The molecule has 34 heavy (non-hydrogen) atoms. The third-order valence-electron chi connectivity index (χ3n) is 4.93. The fourth-order valence-corrected chi connectivity index (χ4v) is 3.36. The molecule has 174 valence electrons. The predicted octanol–water partition coefficient (Wildman–Crippen LogP) is 5.72. The van der Waals surface area contributed by atoms with Crippen molar-refractivity contribution in [3.63, 3.8) is 0 Å². The Bertz CT molecular complexity index is 1320. The van der Waals surface area contributed by atoms with Crippen LogP contribution in [0.4, 0.5) is 21.7 Å². The van der Waals surface area contributed by atoms with Crippen molar-refractivity contribution >= 4 is 34.8 Å². The number of carbonyl (C=O) groups is 1. The molecule has 0 unspecified atom stereocenters. The minimum absolute atomic E-state index is 0.207. The van der Waals surface area contributed by atoms with Crippen LogP contribution in [-0.4, -0.2) is 32.8 Å². The number of hydrogen-bond acceptors (Lipinski definition) is 6. The van der Waals surface area contributed by atoms with Gasteiger partial charge in [-0.3, -0.25) is 9.48 Å². The molecule has 1 amide bonds. The van der Waals surface area contributed by atoms with Crippen LogP contribution in [0, 0.1) is 5.82 Å². The van der Waals surface area contributed by atoms with Crippen LogP contribution in [0.3, 0.4) is 0 Å². The Morgan fingerprint density at radius 1 is 1.12 bits per heavy atom. The molecule has 0 spiro atoms. The first-order valence-corrected chi connectivity index (χ1v) is 10.8. The van der Waals surface area contributed by atoms with Gasteiger partial charge >= 0.3 is 0 Å². The highest BCUT2D eigenvalue weighted by Crippen LogP contribution is 2.29. The van der Waals surface area contributed by atoms with Crippen LogP contribution in [0.15, 0.2) is 60.9 Å². The zero-order valence-corrected chi connectivity index (χ0v) is 19.5. The summed E-state index contributed by atoms with van der Waals surface area (Å²) in [6.45, 7) is 4.06. The standard InChI is InChI=1S/C24H22ClFN6O2/c1-14(2)32-11-10-20(31-32)22-19(25)13-27-24(30-22)29-17-8-9-18(21(12-17)34-3)23(33)28-16-6-4-15(26)5-7-16/h4-14H,1-3H3,(H,28,33)(H,27,29,30). The fraction of sp³-hybridized carbons (Fsp3) is 0.167. The van der Waals surface area contributed by atoms with Gasteiger partial charge in [0.25, 0.3) is 5.91 Å². The van der Waals surface area contributed by atoms with Crippen molar-refractivity contribution < 1.29 is 13.9 Å². The van der Waals surface area contributed by atoms with Gasteiger partial charge in [-0.15, -0.1) is 0 Å². The second-order valence-corrected chi connectivity index (χ2v) is 8.07. The zero-order valence-electron chi connectivity index (χ0n) is 18.7. The number of halogens is 2. The summed E-state index contributed by atoms with van der Waals surface area (Å²) in [5.74, 6) is -0.119. The Hall–Kier alpha value is -3.98. The number of benzene rings is 2. The largest absolute Gasteiger partial charge is 0.496 e. The first-order chi connectivity index (χ1) is 16.3. The molecule has 0 radical (unpaired) electrons. The van der Waals surface area contributed by atoms with E-state index in [9.17, 15) is 9.18 Å². The number of amides is 1. The lowest BCUT2D eigenvalue weighted by Gasteiger charge is -2.12. The molecule has 2 aromatic carbocycles. The first-order valence-electron chi connectivity index (χ1n) is 10.4. The van der Waals surface area contributed by atoms with Crippen molar-refractivity contribution in [2.75, 3.05) is 17.7 Å². The number of hydrogen-bond donors (Lipinski definition) is 2. The zero-order chi connectivity index (χ0) is 24.2. The second-order valence-electron chi connectivity index (χ2n) is 7.67. The summed E-state index contributed by atoms with van der Waals surface area (Å²) in [6, 6.07) is 12.5. The number of methoxy groups -OCH3 is 1. The lowest BCUT2D eigenvalue weighted by atomic mass is 10.1. The molecular weight excluding hydrogens is 459 g/mol. The molecule has 4 rings (SSSR count). The van der Waals surface area contributed by atoms with Gasteiger partial charge in [0.1, 0.15) is 23.0 Å². The monoisotopic (exact) mass is 480 g/mol. The number of ether oxygens (including phenoxy) is 1. The molecule has 4 aromatic rings. The lowest BCUT2D eigenvalue weighted by Crippen LogP contribution is -2.13. The van der Waals surface area contributed by atoms with Crippen LogP contribution in [0.2, 0.25) is 5.02 Å². The van der Waals surface area contributed by atoms with Gasteiger partial charge in [0.05, 0.1) is 23.9 Å². The number of nitrogens with zero attached hydrogens (tertiary/aromatic N) is 4. The maximum Gasteiger partial charge on any atom is 0.259 e. The van der Waals surface area contributed by atoms with Crippen molar-refractivity contribution in [3.05, 3.63) is 77.3 Å². The topological polar surface area (TPSA) is 94.0 Å². The van der Waals surface area contributed by atoms with E-state index in [1.54, 1.807) is 18.2 Å². The Morgan fingerprint density at radius 2 is 1.85 bits per heavy atom. The van der Waals surface area contributed by atoms with E-state index in [2.05, 4.69) is 25.7 Å². The quantitative estimate of drug-likeness (QED) is 0.351. The van der Waals surface area contributed by atoms with E-state index in [0.29, 0.717) is 45.0 Å². The van der Waals surface area contributed by atoms with Gasteiger partial charge in [-0.1, -0.05) is 11.6 Å². The van der Waals surface area contributed by atoms with E-state index in [4.69, 9.17) is 16.3 Å². The summed E-state index contributed by atoms with van der Waals surface area (Å²) in [4.78, 5) is 21.4. The molecule has 0 atom stereocenters. The van der Waals surface area contributed by atoms with Gasteiger partial charge in [0.2, 0.25) is 5.95 Å². The number of aromatic nitrogens is 4. The van der Waals surface area contributed by atoms with E-state index < -0.39 is 0 Å². The van der Waals surface area contributed by atoms with Crippen LogP contribution in [0.25, 0.3) is 11.4 Å². The van der Waals surface area contributed by atoms with Crippen molar-refractivity contribution in [1.82, 2.24) is 19.7 Å². The third kappa shape index (κ3) is 5.15. The van der Waals surface area contributed by atoms with Gasteiger partial charge in [-0.2, -0.15) is 5.10 Å². The molecule has 0 saturated carbocycles. The molecule has 2 heterocycles. The van der Waals surface area contributed by atoms with Crippen molar-refractivity contribution in [3.8, 4) is 17.1 Å². The minimum atomic E-state index is -0.388. The van der Waals surface area contributed by atoms with Gasteiger partial charge < -0.3 is 15.4 Å². The van der Waals surface area contributed by atoms with Crippen molar-refractivity contribution in [1.29, 1.82) is 0 Å². The summed E-state index contributed by atoms with van der Waals surface area (Å²) in [5, 5.41) is 10.7. The molecule has 0 saturated heterocycles. The molecular formula is C24H22ClFN6O2. The van der Waals surface area contributed by atoms with E-state index in [-0.39, 0.29) is 17.8 Å². The minimum Gasteiger partial charge on any atom is -0.496 e. The van der Waals surface area contributed by atoms with E-state index in [1.807, 2.05) is 30.8 Å². The number of rotatable bonds is 7. The van der Waals surface area contributed by atoms with Gasteiger partial charge in [-0.05, 0) is 56.3 Å². The molecule has 0 aliphatic rings. The maximum atomic E-state index is 13.1. The summed E-state index contributed by atoms with van der Waals surface area (Å²) >= 11 is 6.31. The van der Waals surface area contributed by atoms with Crippen LogP contribution in [0.1, 0.15) is 30.2 Å². The molecule has 0 fully saturated rings. The Labute approximate surface area is 200 Å². The Morgan fingerprint density at radius 3 is 2.53 bits per heavy atom. The molecule has 0 bridgehead atoms. The highest BCUT2D eigenvalue weighted by Gasteiger charge is 2.15. The predicted molar refractivity (Wildman–Crippen MR) is 129 cm³/mol. The molecule has 2 N–H and O–H groups in total. The Kier molecular flexibility index (Phi) is 6.74. The molecule has 10 heteroatoms. The van der Waals surface area contributed by atoms with Crippen LogP contribution < -0.4 is 15.4 Å². The summed E-state index contributed by atoms with van der Waals surface area (Å²) in [5.41, 5.74) is 2.53. The number of anilines is 3. The van der Waals surface area contributed by atoms with Crippen LogP contribution in [0.5, 0.6) is 5.75 Å². The Balaban J connectivity index is 1.55. The second kappa shape index (κ2) is 9.88. The summed E-state index contributed by atoms with van der Waals surface area (Å²) in [6.07, 6.45) is 3.37. The average molecular weight is 481 g/mol. The summed E-state index contributed by atoms with van der Waals surface area (Å²) < 4.78 is 20.3. The highest BCUT2D eigenvalue weighted by molar-refractivity contribution is 6.32. The van der Waals surface area contributed by atoms with Crippen molar-refractivity contribution in [2.45, 2.75) is 19.9 Å². The maximum absolute atomic E-state index is 13.1. The fourth-order valence-electron chi connectivity index (χ4n) is 3.18. The van der Waals surface area contributed by atoms with Crippen LogP contribution in [-0.2, 0) is 0 Å². The average Bonchev–Trinajstić information content (AvgIpc) is 3.32. The lowest BCUT2D eigenvalue weighted by molar-refractivity contribution is 0.102. The van der Waals surface area contributed by atoms with Gasteiger partial charge in [0.15, 0.2) is 0 Å². The summed E-state index contributed by atoms with van der Waals surface area (Å²) in [7, 11) is 1.47. The number of carbonyl (C=O) groups excluding carboxylic acids is 1. The van der Waals surface area contributed by atoms with Gasteiger partial charge in [-0.25, -0.2) is 14.4 Å². The molecule has 0 aliphatic carbocycles. The van der Waals surface area contributed by atoms with Gasteiger partial charge in [0, 0.05) is 29.7 Å². The SMILES string of the molecule is COc1cc(Nc2ncc(Cl)c(-c3ccn(C(C)C)n3)n2)ccc1C(=O)Nc1ccc(F)cc1.